The topological polar surface area (TPSA) is 72.2 Å². The van der Waals surface area contributed by atoms with Gasteiger partial charge in [-0.1, -0.05) is 0 Å². The van der Waals surface area contributed by atoms with Crippen LogP contribution in [0.5, 0.6) is 0 Å². The molecule has 1 aliphatic heterocycles. The quantitative estimate of drug-likeness (QED) is 0.597. The van der Waals surface area contributed by atoms with Gasteiger partial charge in [0.2, 0.25) is 0 Å². The van der Waals surface area contributed by atoms with Crippen molar-refractivity contribution in [3.05, 3.63) is 34.8 Å². The third-order valence-electron chi connectivity index (χ3n) is 3.24. The predicted octanol–water partition coefficient (Wildman–Crippen LogP) is 2.14. The molecule has 0 amide bonds. The van der Waals surface area contributed by atoms with Crippen LogP contribution in [0.1, 0.15) is 12.8 Å². The fraction of sp³-hybridized carbons (Fsp3) is 0.333. The molecule has 0 spiro atoms. The second-order valence-corrected chi connectivity index (χ2v) is 4.37. The second-order valence-electron chi connectivity index (χ2n) is 4.37. The Morgan fingerprint density at radius 2 is 2.06 bits per heavy atom. The summed E-state index contributed by atoms with van der Waals surface area (Å²) in [4.78, 5) is 20.9. The average Bonchev–Trinajstić information content (AvgIpc) is 2.91. The van der Waals surface area contributed by atoms with Crippen LogP contribution in [0.2, 0.25) is 0 Å². The van der Waals surface area contributed by atoms with Gasteiger partial charge in [-0.2, -0.15) is 0 Å². The van der Waals surface area contributed by atoms with Gasteiger partial charge in [-0.3, -0.25) is 10.1 Å². The van der Waals surface area contributed by atoms with Gasteiger partial charge in [0, 0.05) is 30.7 Å². The van der Waals surface area contributed by atoms with Crippen molar-refractivity contribution in [2.75, 3.05) is 18.0 Å². The Bertz CT molecular complexity index is 608. The highest BCUT2D eigenvalue weighted by molar-refractivity contribution is 5.87. The average molecular weight is 244 g/mol. The molecule has 1 aromatic heterocycles. The van der Waals surface area contributed by atoms with Crippen LogP contribution in [0.15, 0.2) is 24.7 Å². The third kappa shape index (κ3) is 1.75. The van der Waals surface area contributed by atoms with Gasteiger partial charge in [0.05, 0.1) is 10.4 Å². The SMILES string of the molecule is O=[N+]([O-])c1cc2cncnc2cc1N1CCCC1. The van der Waals surface area contributed by atoms with Crippen molar-refractivity contribution < 1.29 is 4.92 Å². The molecule has 0 atom stereocenters. The third-order valence-corrected chi connectivity index (χ3v) is 3.24. The Balaban J connectivity index is 2.20. The van der Waals surface area contributed by atoms with Crippen LogP contribution in [0.3, 0.4) is 0 Å². The molecule has 1 fully saturated rings. The number of nitro benzene ring substituents is 1. The number of aromatic nitrogens is 2. The van der Waals surface area contributed by atoms with Crippen molar-refractivity contribution in [3.63, 3.8) is 0 Å². The van der Waals surface area contributed by atoms with Gasteiger partial charge in [-0.05, 0) is 18.9 Å². The number of hydrogen-bond acceptors (Lipinski definition) is 5. The molecule has 0 aliphatic carbocycles. The first kappa shape index (κ1) is 10.9. The van der Waals surface area contributed by atoms with Crippen LogP contribution in [0, 0.1) is 10.1 Å². The van der Waals surface area contributed by atoms with E-state index in [9.17, 15) is 10.1 Å². The van der Waals surface area contributed by atoms with Gasteiger partial charge in [-0.15, -0.1) is 0 Å². The van der Waals surface area contributed by atoms with Crippen molar-refractivity contribution in [2.24, 2.45) is 0 Å². The molecule has 3 rings (SSSR count). The lowest BCUT2D eigenvalue weighted by Crippen LogP contribution is -2.18. The van der Waals surface area contributed by atoms with E-state index in [0.29, 0.717) is 11.1 Å². The van der Waals surface area contributed by atoms with E-state index in [1.54, 1.807) is 18.3 Å². The summed E-state index contributed by atoms with van der Waals surface area (Å²) >= 11 is 0. The summed E-state index contributed by atoms with van der Waals surface area (Å²) in [5.41, 5.74) is 1.56. The summed E-state index contributed by atoms with van der Waals surface area (Å²) in [5, 5.41) is 11.9. The molecular formula is C12H12N4O2. The Kier molecular flexibility index (Phi) is 2.55. The fourth-order valence-electron chi connectivity index (χ4n) is 2.36. The highest BCUT2D eigenvalue weighted by Gasteiger charge is 2.23. The molecule has 92 valence electrons. The van der Waals surface area contributed by atoms with Gasteiger partial charge in [-0.25, -0.2) is 9.97 Å². The molecule has 18 heavy (non-hydrogen) atoms. The number of nitrogens with zero attached hydrogens (tertiary/aromatic N) is 4. The number of anilines is 1. The zero-order chi connectivity index (χ0) is 12.5. The first-order valence-corrected chi connectivity index (χ1v) is 5.89. The molecule has 2 aromatic rings. The van der Waals surface area contributed by atoms with Crippen LogP contribution >= 0.6 is 0 Å². The van der Waals surface area contributed by atoms with Crippen molar-refractivity contribution in [1.29, 1.82) is 0 Å². The molecule has 2 heterocycles. The number of fused-ring (bicyclic) bond motifs is 1. The van der Waals surface area contributed by atoms with Gasteiger partial charge in [0.15, 0.2) is 0 Å². The molecule has 6 nitrogen and oxygen atoms in total. The Hall–Kier alpha value is -2.24. The van der Waals surface area contributed by atoms with Crippen LogP contribution < -0.4 is 4.90 Å². The minimum atomic E-state index is -0.333. The van der Waals surface area contributed by atoms with Crippen LogP contribution in [0.4, 0.5) is 11.4 Å². The Morgan fingerprint density at radius 1 is 1.28 bits per heavy atom. The first-order valence-electron chi connectivity index (χ1n) is 5.89. The summed E-state index contributed by atoms with van der Waals surface area (Å²) in [6.45, 7) is 1.74. The van der Waals surface area contributed by atoms with E-state index >= 15 is 0 Å². The van der Waals surface area contributed by atoms with Crippen molar-refractivity contribution in [3.8, 4) is 0 Å². The largest absolute Gasteiger partial charge is 0.366 e. The zero-order valence-electron chi connectivity index (χ0n) is 9.74. The second kappa shape index (κ2) is 4.21. The lowest BCUT2D eigenvalue weighted by molar-refractivity contribution is -0.384. The van der Waals surface area contributed by atoms with E-state index < -0.39 is 0 Å². The maximum Gasteiger partial charge on any atom is 0.293 e. The van der Waals surface area contributed by atoms with Crippen molar-refractivity contribution in [1.82, 2.24) is 9.97 Å². The molecule has 0 bridgehead atoms. The number of hydrogen-bond donors (Lipinski definition) is 0. The lowest BCUT2D eigenvalue weighted by Gasteiger charge is -2.17. The molecule has 0 saturated carbocycles. The van der Waals surface area contributed by atoms with Crippen LogP contribution in [-0.2, 0) is 0 Å². The summed E-state index contributed by atoms with van der Waals surface area (Å²) < 4.78 is 0. The van der Waals surface area contributed by atoms with E-state index in [4.69, 9.17) is 0 Å². The van der Waals surface area contributed by atoms with Crippen LogP contribution in [0.25, 0.3) is 10.9 Å². The zero-order valence-corrected chi connectivity index (χ0v) is 9.74. The first-order chi connectivity index (χ1) is 8.75. The molecule has 1 aromatic carbocycles. The van der Waals surface area contributed by atoms with Crippen molar-refractivity contribution in [2.45, 2.75) is 12.8 Å². The van der Waals surface area contributed by atoms with Gasteiger partial charge >= 0.3 is 0 Å². The number of rotatable bonds is 2. The molecular weight excluding hydrogens is 232 g/mol. The Morgan fingerprint density at radius 3 is 2.78 bits per heavy atom. The smallest absolute Gasteiger partial charge is 0.293 e. The summed E-state index contributed by atoms with van der Waals surface area (Å²) in [6, 6.07) is 3.35. The summed E-state index contributed by atoms with van der Waals surface area (Å²) in [6.07, 6.45) is 5.23. The van der Waals surface area contributed by atoms with E-state index in [0.717, 1.165) is 31.4 Å². The highest BCUT2D eigenvalue weighted by Crippen LogP contribution is 2.33. The van der Waals surface area contributed by atoms with Gasteiger partial charge in [0.25, 0.3) is 5.69 Å². The predicted molar refractivity (Wildman–Crippen MR) is 67.6 cm³/mol. The standard InChI is InChI=1S/C12H12N4O2/c17-16(18)12-5-9-7-13-8-14-10(9)6-11(12)15-3-1-2-4-15/h5-8H,1-4H2. The number of benzene rings is 1. The molecule has 0 radical (unpaired) electrons. The van der Waals surface area contributed by atoms with Gasteiger partial charge < -0.3 is 4.90 Å². The van der Waals surface area contributed by atoms with E-state index in [1.165, 1.54) is 6.33 Å². The minimum absolute atomic E-state index is 0.138. The summed E-state index contributed by atoms with van der Waals surface area (Å²) in [5.74, 6) is 0. The van der Waals surface area contributed by atoms with E-state index in [2.05, 4.69) is 14.9 Å². The lowest BCUT2D eigenvalue weighted by atomic mass is 10.2. The van der Waals surface area contributed by atoms with Gasteiger partial charge in [0.1, 0.15) is 12.0 Å². The highest BCUT2D eigenvalue weighted by atomic mass is 16.6. The minimum Gasteiger partial charge on any atom is -0.366 e. The summed E-state index contributed by atoms with van der Waals surface area (Å²) in [7, 11) is 0. The fourth-order valence-corrected chi connectivity index (χ4v) is 2.36. The van der Waals surface area contributed by atoms with E-state index in [-0.39, 0.29) is 10.6 Å². The maximum absolute atomic E-state index is 11.2. The maximum atomic E-state index is 11.2. The normalized spacial score (nSPS) is 15.2. The number of nitro groups is 1. The van der Waals surface area contributed by atoms with Crippen molar-refractivity contribution >= 4 is 22.3 Å². The molecule has 0 unspecified atom stereocenters. The molecule has 0 N–H and O–H groups in total. The molecule has 6 heteroatoms. The Labute approximate surface area is 103 Å². The monoisotopic (exact) mass is 244 g/mol. The molecule has 1 aliphatic rings. The van der Waals surface area contributed by atoms with Crippen LogP contribution in [-0.4, -0.2) is 28.0 Å². The van der Waals surface area contributed by atoms with E-state index in [1.807, 2.05) is 0 Å². The molecule has 1 saturated heterocycles.